The van der Waals surface area contributed by atoms with Crippen molar-refractivity contribution in [2.45, 2.75) is 111 Å². The Hall–Kier alpha value is -0.720. The van der Waals surface area contributed by atoms with E-state index < -0.39 is 0 Å². The van der Waals surface area contributed by atoms with Crippen LogP contribution < -0.4 is 5.73 Å². The summed E-state index contributed by atoms with van der Waals surface area (Å²) >= 11 is 0. The molecule has 0 rings (SSSR count). The van der Waals surface area contributed by atoms with E-state index in [0.717, 1.165) is 5.70 Å². The van der Waals surface area contributed by atoms with Gasteiger partial charge in [-0.25, -0.2) is 0 Å². The zero-order chi connectivity index (χ0) is 16.6. The average Bonchev–Trinajstić information content (AvgIpc) is 2.50. The summed E-state index contributed by atoms with van der Waals surface area (Å²) in [6.45, 7) is 8.56. The van der Waals surface area contributed by atoms with E-state index in [1.165, 1.54) is 94.6 Å². The molecule has 0 aromatic heterocycles. The standard InChI is InChI=1S/C21H41N/c1-5-6-7-8-9-10-11-12-13-14-15-16-17-18-19(2)20(3)21(4)22/h18H,5-17,22H2,1-4H3. The maximum Gasteiger partial charge on any atom is 0.00811 e. The molecule has 1 nitrogen and oxygen atoms in total. The van der Waals surface area contributed by atoms with Gasteiger partial charge in [0, 0.05) is 5.70 Å². The fourth-order valence-corrected chi connectivity index (χ4v) is 2.77. The molecule has 0 bridgehead atoms. The SMILES string of the molecule is CCCCCCCCCCCCCCC=C(C)C(C)=C(C)N. The number of rotatable bonds is 14. The molecule has 0 radical (unpaired) electrons. The molecule has 0 aliphatic rings. The van der Waals surface area contributed by atoms with E-state index in [-0.39, 0.29) is 0 Å². The molecule has 0 spiro atoms. The highest BCUT2D eigenvalue weighted by atomic mass is 14.6. The van der Waals surface area contributed by atoms with Crippen LogP contribution in [0.4, 0.5) is 0 Å². The maximum absolute atomic E-state index is 5.82. The molecular weight excluding hydrogens is 266 g/mol. The summed E-state index contributed by atoms with van der Waals surface area (Å²) in [5.74, 6) is 0. The van der Waals surface area contributed by atoms with Crippen molar-refractivity contribution in [1.29, 1.82) is 0 Å². The quantitative estimate of drug-likeness (QED) is 0.265. The van der Waals surface area contributed by atoms with Crippen LogP contribution in [0.3, 0.4) is 0 Å². The van der Waals surface area contributed by atoms with Gasteiger partial charge in [0.25, 0.3) is 0 Å². The van der Waals surface area contributed by atoms with Gasteiger partial charge in [-0.1, -0.05) is 89.2 Å². The summed E-state index contributed by atoms with van der Waals surface area (Å²) in [6.07, 6.45) is 20.6. The second-order valence-corrected chi connectivity index (χ2v) is 6.87. The van der Waals surface area contributed by atoms with Gasteiger partial charge >= 0.3 is 0 Å². The zero-order valence-corrected chi connectivity index (χ0v) is 15.8. The Morgan fingerprint density at radius 3 is 1.50 bits per heavy atom. The van der Waals surface area contributed by atoms with Crippen molar-refractivity contribution in [3.8, 4) is 0 Å². The van der Waals surface area contributed by atoms with Crippen molar-refractivity contribution < 1.29 is 0 Å². The number of hydrogen-bond donors (Lipinski definition) is 1. The van der Waals surface area contributed by atoms with E-state index in [1.54, 1.807) is 0 Å². The van der Waals surface area contributed by atoms with Gasteiger partial charge in [0.05, 0.1) is 0 Å². The number of unbranched alkanes of at least 4 members (excludes halogenated alkanes) is 12. The third-order valence-electron chi connectivity index (χ3n) is 4.69. The van der Waals surface area contributed by atoms with Gasteiger partial charge in [-0.05, 0) is 39.2 Å². The summed E-state index contributed by atoms with van der Waals surface area (Å²) in [6, 6.07) is 0. The molecule has 22 heavy (non-hydrogen) atoms. The van der Waals surface area contributed by atoms with Gasteiger partial charge in [0.15, 0.2) is 0 Å². The Balaban J connectivity index is 3.34. The van der Waals surface area contributed by atoms with Crippen molar-refractivity contribution >= 4 is 0 Å². The van der Waals surface area contributed by atoms with Crippen molar-refractivity contribution in [2.24, 2.45) is 5.73 Å². The number of nitrogens with two attached hydrogens (primary N) is 1. The van der Waals surface area contributed by atoms with E-state index in [0.29, 0.717) is 0 Å². The van der Waals surface area contributed by atoms with Gasteiger partial charge in [-0.15, -0.1) is 0 Å². The molecule has 2 N–H and O–H groups in total. The van der Waals surface area contributed by atoms with Crippen molar-refractivity contribution in [3.63, 3.8) is 0 Å². The zero-order valence-electron chi connectivity index (χ0n) is 15.8. The highest BCUT2D eigenvalue weighted by Crippen LogP contribution is 2.15. The molecule has 0 aliphatic carbocycles. The van der Waals surface area contributed by atoms with Crippen LogP contribution in [0.2, 0.25) is 0 Å². The van der Waals surface area contributed by atoms with Gasteiger partial charge in [-0.2, -0.15) is 0 Å². The molecule has 0 aromatic carbocycles. The minimum absolute atomic E-state index is 0.948. The van der Waals surface area contributed by atoms with Crippen LogP contribution in [0.1, 0.15) is 111 Å². The fraction of sp³-hybridized carbons (Fsp3) is 0.810. The van der Waals surface area contributed by atoms with Crippen molar-refractivity contribution in [3.05, 3.63) is 22.9 Å². The normalized spacial score (nSPS) is 13.4. The summed E-state index contributed by atoms with van der Waals surface area (Å²) in [4.78, 5) is 0. The highest BCUT2D eigenvalue weighted by molar-refractivity contribution is 5.29. The number of hydrogen-bond acceptors (Lipinski definition) is 1. The molecule has 0 heterocycles. The first kappa shape index (κ1) is 21.3. The van der Waals surface area contributed by atoms with Crippen LogP contribution >= 0.6 is 0 Å². The minimum atomic E-state index is 0.948. The summed E-state index contributed by atoms with van der Waals surface area (Å²) in [5, 5.41) is 0. The first-order chi connectivity index (χ1) is 10.6. The largest absolute Gasteiger partial charge is 0.402 e. The molecule has 0 unspecified atom stereocenters. The van der Waals surface area contributed by atoms with Crippen LogP contribution in [-0.4, -0.2) is 0 Å². The van der Waals surface area contributed by atoms with E-state index >= 15 is 0 Å². The lowest BCUT2D eigenvalue weighted by Crippen LogP contribution is -1.96. The van der Waals surface area contributed by atoms with E-state index in [1.807, 2.05) is 6.92 Å². The van der Waals surface area contributed by atoms with Crippen LogP contribution in [0.5, 0.6) is 0 Å². The Labute approximate surface area is 140 Å². The molecule has 0 aromatic rings. The molecule has 130 valence electrons. The Morgan fingerprint density at radius 1 is 0.682 bits per heavy atom. The predicted octanol–water partition coefficient (Wildman–Crippen LogP) is 7.28. The molecule has 0 amide bonds. The van der Waals surface area contributed by atoms with Gasteiger partial charge < -0.3 is 5.73 Å². The monoisotopic (exact) mass is 307 g/mol. The highest BCUT2D eigenvalue weighted by Gasteiger charge is 1.96. The third-order valence-corrected chi connectivity index (χ3v) is 4.69. The van der Waals surface area contributed by atoms with Crippen molar-refractivity contribution in [1.82, 2.24) is 0 Å². The molecule has 1 heteroatoms. The van der Waals surface area contributed by atoms with E-state index in [9.17, 15) is 0 Å². The van der Waals surface area contributed by atoms with Crippen LogP contribution in [-0.2, 0) is 0 Å². The molecule has 0 aliphatic heterocycles. The summed E-state index contributed by atoms with van der Waals surface area (Å²) < 4.78 is 0. The molecule has 0 atom stereocenters. The molecule has 0 saturated heterocycles. The molecule has 0 saturated carbocycles. The van der Waals surface area contributed by atoms with Crippen LogP contribution in [0, 0.1) is 0 Å². The Bertz CT molecular complexity index is 308. The Morgan fingerprint density at radius 2 is 1.09 bits per heavy atom. The fourth-order valence-electron chi connectivity index (χ4n) is 2.77. The predicted molar refractivity (Wildman–Crippen MR) is 102 cm³/mol. The maximum atomic E-state index is 5.82. The Kier molecular flexibility index (Phi) is 14.7. The third kappa shape index (κ3) is 13.0. The van der Waals surface area contributed by atoms with Gasteiger partial charge in [-0.3, -0.25) is 0 Å². The average molecular weight is 308 g/mol. The molecule has 0 fully saturated rings. The summed E-state index contributed by atoms with van der Waals surface area (Å²) in [7, 11) is 0. The lowest BCUT2D eigenvalue weighted by Gasteiger charge is -2.05. The van der Waals surface area contributed by atoms with Gasteiger partial charge in [0.1, 0.15) is 0 Å². The first-order valence-corrected chi connectivity index (χ1v) is 9.69. The number of allylic oxidation sites excluding steroid dienone is 4. The van der Waals surface area contributed by atoms with Crippen LogP contribution in [0.15, 0.2) is 22.9 Å². The minimum Gasteiger partial charge on any atom is -0.402 e. The van der Waals surface area contributed by atoms with Crippen LogP contribution in [0.25, 0.3) is 0 Å². The topological polar surface area (TPSA) is 26.0 Å². The van der Waals surface area contributed by atoms with Gasteiger partial charge in [0.2, 0.25) is 0 Å². The lowest BCUT2D eigenvalue weighted by atomic mass is 10.0. The van der Waals surface area contributed by atoms with E-state index in [2.05, 4.69) is 26.8 Å². The van der Waals surface area contributed by atoms with Crippen molar-refractivity contribution in [2.75, 3.05) is 0 Å². The second kappa shape index (κ2) is 15.2. The molecular formula is C21H41N. The second-order valence-electron chi connectivity index (χ2n) is 6.87. The first-order valence-electron chi connectivity index (χ1n) is 9.69. The smallest absolute Gasteiger partial charge is 0.00811 e. The summed E-state index contributed by atoms with van der Waals surface area (Å²) in [5.41, 5.74) is 9.37. The van der Waals surface area contributed by atoms with E-state index in [4.69, 9.17) is 5.73 Å². The lowest BCUT2D eigenvalue weighted by molar-refractivity contribution is 0.545.